The molecular formula is C19H28ClNO3. The molecule has 0 aliphatic carbocycles. The quantitative estimate of drug-likeness (QED) is 0.427. The lowest BCUT2D eigenvalue weighted by atomic mass is 10.1. The van der Waals surface area contributed by atoms with Gasteiger partial charge in [0.15, 0.2) is 0 Å². The Morgan fingerprint density at radius 1 is 1.00 bits per heavy atom. The number of hydrogen-bond acceptors (Lipinski definition) is 3. The highest BCUT2D eigenvalue weighted by atomic mass is 35.5. The zero-order valence-electron chi connectivity index (χ0n) is 14.7. The predicted molar refractivity (Wildman–Crippen MR) is 97.4 cm³/mol. The highest BCUT2D eigenvalue weighted by molar-refractivity contribution is 6.30. The van der Waals surface area contributed by atoms with Crippen molar-refractivity contribution in [2.24, 2.45) is 0 Å². The van der Waals surface area contributed by atoms with Crippen molar-refractivity contribution in [1.29, 1.82) is 0 Å². The summed E-state index contributed by atoms with van der Waals surface area (Å²) in [5, 5.41) is 0.573. The van der Waals surface area contributed by atoms with E-state index in [4.69, 9.17) is 16.3 Å². The van der Waals surface area contributed by atoms with Crippen LogP contribution in [0.5, 0.6) is 0 Å². The third kappa shape index (κ3) is 8.34. The van der Waals surface area contributed by atoms with Crippen LogP contribution in [-0.2, 0) is 9.53 Å². The minimum Gasteiger partial charge on any atom is -0.464 e. The zero-order valence-corrected chi connectivity index (χ0v) is 15.5. The molecule has 0 heterocycles. The molecule has 5 heteroatoms. The van der Waals surface area contributed by atoms with Crippen LogP contribution < -0.4 is 0 Å². The summed E-state index contributed by atoms with van der Waals surface area (Å²) in [5.74, 6) is -0.592. The van der Waals surface area contributed by atoms with Crippen molar-refractivity contribution < 1.29 is 14.3 Å². The van der Waals surface area contributed by atoms with Gasteiger partial charge >= 0.3 is 5.97 Å². The van der Waals surface area contributed by atoms with Crippen molar-refractivity contribution in [3.8, 4) is 0 Å². The molecule has 1 amide bonds. The van der Waals surface area contributed by atoms with Gasteiger partial charge in [0.25, 0.3) is 5.91 Å². The molecular weight excluding hydrogens is 326 g/mol. The van der Waals surface area contributed by atoms with Gasteiger partial charge in [-0.1, -0.05) is 57.0 Å². The first-order valence-corrected chi connectivity index (χ1v) is 9.09. The fourth-order valence-electron chi connectivity index (χ4n) is 2.37. The number of carbonyl (C=O) groups excluding carboxylic acids is 2. The lowest BCUT2D eigenvalue weighted by Crippen LogP contribution is -2.33. The van der Waals surface area contributed by atoms with Gasteiger partial charge in [-0.2, -0.15) is 0 Å². The molecule has 0 saturated carbocycles. The van der Waals surface area contributed by atoms with Crippen LogP contribution in [0.3, 0.4) is 0 Å². The van der Waals surface area contributed by atoms with E-state index in [1.54, 1.807) is 31.3 Å². The van der Waals surface area contributed by atoms with Crippen LogP contribution in [0.15, 0.2) is 24.3 Å². The molecule has 0 radical (unpaired) electrons. The normalized spacial score (nSPS) is 10.5. The first-order valence-electron chi connectivity index (χ1n) is 8.71. The van der Waals surface area contributed by atoms with E-state index in [1.807, 2.05) is 0 Å². The Labute approximate surface area is 150 Å². The summed E-state index contributed by atoms with van der Waals surface area (Å²) in [6.45, 7) is 2.59. The lowest BCUT2D eigenvalue weighted by Gasteiger charge is -2.16. The van der Waals surface area contributed by atoms with Crippen LogP contribution in [0.4, 0.5) is 0 Å². The SMILES string of the molecule is CCCCCCCCCOC(=O)CN(C)C(=O)c1ccc(Cl)cc1. The smallest absolute Gasteiger partial charge is 0.325 e. The summed E-state index contributed by atoms with van der Waals surface area (Å²) < 4.78 is 5.19. The molecule has 1 aromatic carbocycles. The van der Waals surface area contributed by atoms with Crippen LogP contribution in [-0.4, -0.2) is 37.0 Å². The Hall–Kier alpha value is -1.55. The van der Waals surface area contributed by atoms with Gasteiger partial charge in [0.05, 0.1) is 6.61 Å². The molecule has 0 unspecified atom stereocenters. The van der Waals surface area contributed by atoms with Gasteiger partial charge in [0.1, 0.15) is 6.54 Å². The third-order valence-electron chi connectivity index (χ3n) is 3.82. The number of benzene rings is 1. The molecule has 4 nitrogen and oxygen atoms in total. The number of nitrogens with zero attached hydrogens (tertiary/aromatic N) is 1. The molecule has 0 saturated heterocycles. The molecule has 0 aliphatic heterocycles. The second kappa shape index (κ2) is 11.9. The van der Waals surface area contributed by atoms with Crippen LogP contribution in [0.25, 0.3) is 0 Å². The number of esters is 1. The van der Waals surface area contributed by atoms with Crippen LogP contribution in [0, 0.1) is 0 Å². The summed E-state index contributed by atoms with van der Waals surface area (Å²) in [5.41, 5.74) is 0.502. The first-order chi connectivity index (χ1) is 11.5. The van der Waals surface area contributed by atoms with E-state index in [1.165, 1.54) is 37.0 Å². The van der Waals surface area contributed by atoms with Gasteiger partial charge in [-0.3, -0.25) is 9.59 Å². The zero-order chi connectivity index (χ0) is 17.8. The highest BCUT2D eigenvalue weighted by Crippen LogP contribution is 2.11. The predicted octanol–water partition coefficient (Wildman–Crippen LogP) is 4.71. The van der Waals surface area contributed by atoms with Crippen molar-refractivity contribution in [1.82, 2.24) is 4.90 Å². The highest BCUT2D eigenvalue weighted by Gasteiger charge is 2.15. The van der Waals surface area contributed by atoms with Gasteiger partial charge in [0.2, 0.25) is 0 Å². The minimum atomic E-state index is -0.370. The third-order valence-corrected chi connectivity index (χ3v) is 4.07. The Morgan fingerprint density at radius 3 is 2.21 bits per heavy atom. The lowest BCUT2D eigenvalue weighted by molar-refractivity contribution is -0.144. The summed E-state index contributed by atoms with van der Waals surface area (Å²) in [7, 11) is 1.59. The van der Waals surface area contributed by atoms with Crippen molar-refractivity contribution in [3.63, 3.8) is 0 Å². The van der Waals surface area contributed by atoms with E-state index in [-0.39, 0.29) is 18.4 Å². The summed E-state index contributed by atoms with van der Waals surface area (Å²) >= 11 is 5.80. The van der Waals surface area contributed by atoms with E-state index in [9.17, 15) is 9.59 Å². The van der Waals surface area contributed by atoms with Crippen LogP contribution >= 0.6 is 11.6 Å². The van der Waals surface area contributed by atoms with E-state index < -0.39 is 0 Å². The Morgan fingerprint density at radius 2 is 1.58 bits per heavy atom. The van der Waals surface area contributed by atoms with E-state index in [0.717, 1.165) is 12.8 Å². The Kier molecular flexibility index (Phi) is 10.2. The van der Waals surface area contributed by atoms with Gasteiger partial charge < -0.3 is 9.64 Å². The van der Waals surface area contributed by atoms with Crippen molar-refractivity contribution in [3.05, 3.63) is 34.9 Å². The van der Waals surface area contributed by atoms with E-state index in [2.05, 4.69) is 6.92 Å². The average Bonchev–Trinajstić information content (AvgIpc) is 2.57. The number of amides is 1. The topological polar surface area (TPSA) is 46.6 Å². The van der Waals surface area contributed by atoms with Crippen LogP contribution in [0.2, 0.25) is 5.02 Å². The minimum absolute atomic E-state index is 0.0437. The number of halogens is 1. The average molecular weight is 354 g/mol. The van der Waals surface area contributed by atoms with E-state index in [0.29, 0.717) is 17.2 Å². The number of likely N-dealkylation sites (N-methyl/N-ethyl adjacent to an activating group) is 1. The summed E-state index contributed by atoms with van der Waals surface area (Å²) in [6.07, 6.45) is 8.23. The number of hydrogen-bond donors (Lipinski definition) is 0. The number of carbonyl (C=O) groups is 2. The Balaban J connectivity index is 2.17. The molecule has 0 fully saturated rings. The fourth-order valence-corrected chi connectivity index (χ4v) is 2.50. The molecule has 0 bridgehead atoms. The molecule has 0 N–H and O–H groups in total. The van der Waals surface area contributed by atoms with Crippen LogP contribution in [0.1, 0.15) is 62.2 Å². The second-order valence-electron chi connectivity index (χ2n) is 6.01. The van der Waals surface area contributed by atoms with Crippen molar-refractivity contribution in [2.45, 2.75) is 51.9 Å². The monoisotopic (exact) mass is 353 g/mol. The molecule has 1 aromatic rings. The number of ether oxygens (including phenoxy) is 1. The summed E-state index contributed by atoms with van der Waals surface area (Å²) in [6, 6.07) is 6.60. The maximum Gasteiger partial charge on any atom is 0.325 e. The van der Waals surface area contributed by atoms with E-state index >= 15 is 0 Å². The maximum atomic E-state index is 12.2. The molecule has 24 heavy (non-hydrogen) atoms. The largest absolute Gasteiger partial charge is 0.464 e. The molecule has 134 valence electrons. The standard InChI is InChI=1S/C19H28ClNO3/c1-3-4-5-6-7-8-9-14-24-18(22)15-21(2)19(23)16-10-12-17(20)13-11-16/h10-13H,3-9,14-15H2,1-2H3. The number of unbranched alkanes of at least 4 members (excludes halogenated alkanes) is 6. The molecule has 0 atom stereocenters. The Bertz CT molecular complexity index is 502. The maximum absolute atomic E-state index is 12.2. The second-order valence-corrected chi connectivity index (χ2v) is 6.45. The molecule has 0 aliphatic rings. The number of rotatable bonds is 11. The first kappa shape index (κ1) is 20.5. The van der Waals surface area contributed by atoms with Gasteiger partial charge in [-0.05, 0) is 30.7 Å². The van der Waals surface area contributed by atoms with Crippen molar-refractivity contribution in [2.75, 3.05) is 20.2 Å². The summed E-state index contributed by atoms with van der Waals surface area (Å²) in [4.78, 5) is 25.3. The van der Waals surface area contributed by atoms with Gasteiger partial charge in [-0.15, -0.1) is 0 Å². The van der Waals surface area contributed by atoms with Gasteiger partial charge in [0, 0.05) is 17.6 Å². The molecule has 0 aromatic heterocycles. The fraction of sp³-hybridized carbons (Fsp3) is 0.579. The molecule has 0 spiro atoms. The molecule has 1 rings (SSSR count). The van der Waals surface area contributed by atoms with Gasteiger partial charge in [-0.25, -0.2) is 0 Å². The van der Waals surface area contributed by atoms with Crippen molar-refractivity contribution >= 4 is 23.5 Å².